The quantitative estimate of drug-likeness (QED) is 0.896. The predicted molar refractivity (Wildman–Crippen MR) is 94.5 cm³/mol. The molecule has 3 saturated heterocycles. The summed E-state index contributed by atoms with van der Waals surface area (Å²) >= 11 is 1.53. The number of hydrogen-bond acceptors (Lipinski definition) is 4. The lowest BCUT2D eigenvalue weighted by atomic mass is 9.84. The van der Waals surface area contributed by atoms with E-state index in [-0.39, 0.29) is 30.7 Å². The summed E-state index contributed by atoms with van der Waals surface area (Å²) in [7, 11) is 0. The van der Waals surface area contributed by atoms with Gasteiger partial charge in [-0.2, -0.15) is 0 Å². The third-order valence-corrected chi connectivity index (χ3v) is 5.60. The first-order chi connectivity index (χ1) is 9.79. The fourth-order valence-electron chi connectivity index (χ4n) is 3.36. The lowest BCUT2D eigenvalue weighted by Crippen LogP contribution is -2.57. The Hall–Kier alpha value is -0.880. The fourth-order valence-corrected chi connectivity index (χ4v) is 4.30. The Morgan fingerprint density at radius 3 is 2.73 bits per heavy atom. The molecule has 0 aromatic carbocycles. The van der Waals surface area contributed by atoms with Gasteiger partial charge in [-0.15, -0.1) is 36.2 Å². The number of carbonyl (C=O) groups excluding carboxylic acids is 1. The van der Waals surface area contributed by atoms with E-state index in [4.69, 9.17) is 0 Å². The molecule has 0 aliphatic carbocycles. The number of nitrogens with one attached hydrogen (secondary N) is 1. The van der Waals surface area contributed by atoms with Crippen LogP contribution < -0.4 is 5.32 Å². The molecule has 120 valence electrons. The normalized spacial score (nSPS) is 26.1. The van der Waals surface area contributed by atoms with E-state index in [1.807, 2.05) is 18.3 Å². The van der Waals surface area contributed by atoms with E-state index in [2.05, 4.69) is 15.2 Å². The zero-order valence-electron chi connectivity index (χ0n) is 12.0. The molecule has 1 N–H and O–H groups in total. The predicted octanol–water partition coefficient (Wildman–Crippen LogP) is 2.96. The number of pyridine rings is 1. The maximum Gasteiger partial charge on any atom is 0.261 e. The molecule has 0 radical (unpaired) electrons. The van der Waals surface area contributed by atoms with E-state index >= 15 is 0 Å². The molecular weight excluding hydrogens is 341 g/mol. The Labute approximate surface area is 146 Å². The largest absolute Gasteiger partial charge is 0.347 e. The zero-order valence-corrected chi connectivity index (χ0v) is 14.5. The summed E-state index contributed by atoms with van der Waals surface area (Å²) in [5.41, 5.74) is 0. The lowest BCUT2D eigenvalue weighted by molar-refractivity contribution is 0.0622. The van der Waals surface area contributed by atoms with Gasteiger partial charge in [0.25, 0.3) is 5.91 Å². The van der Waals surface area contributed by atoms with Crippen molar-refractivity contribution in [2.75, 3.05) is 19.6 Å². The highest BCUT2D eigenvalue weighted by atomic mass is 35.5. The van der Waals surface area contributed by atoms with E-state index < -0.39 is 0 Å². The van der Waals surface area contributed by atoms with E-state index in [1.54, 1.807) is 6.20 Å². The van der Waals surface area contributed by atoms with Gasteiger partial charge in [-0.05, 0) is 49.4 Å². The summed E-state index contributed by atoms with van der Waals surface area (Å²) < 4.78 is 1.08. The highest BCUT2D eigenvalue weighted by Gasteiger charge is 2.35. The molecule has 3 aliphatic heterocycles. The van der Waals surface area contributed by atoms with E-state index in [0.29, 0.717) is 12.0 Å². The number of thiophene rings is 1. The summed E-state index contributed by atoms with van der Waals surface area (Å²) in [5.74, 6) is 0.741. The number of halogens is 2. The van der Waals surface area contributed by atoms with Gasteiger partial charge in [-0.3, -0.25) is 9.78 Å². The molecule has 7 heteroatoms. The molecule has 0 spiro atoms. The van der Waals surface area contributed by atoms with Crippen molar-refractivity contribution in [3.05, 3.63) is 29.4 Å². The van der Waals surface area contributed by atoms with Crippen LogP contribution >= 0.6 is 36.2 Å². The van der Waals surface area contributed by atoms with Crippen LogP contribution in [0.15, 0.2) is 24.5 Å². The van der Waals surface area contributed by atoms with Crippen molar-refractivity contribution in [3.63, 3.8) is 0 Å². The molecule has 0 saturated carbocycles. The van der Waals surface area contributed by atoms with E-state index in [1.165, 1.54) is 37.3 Å². The molecule has 2 aromatic rings. The van der Waals surface area contributed by atoms with Crippen LogP contribution in [0.5, 0.6) is 0 Å². The van der Waals surface area contributed by atoms with Gasteiger partial charge in [-0.1, -0.05) is 0 Å². The number of fused-ring (bicyclic) bond motifs is 4. The smallest absolute Gasteiger partial charge is 0.261 e. The standard InChI is InChI=1S/C15H17N3OS.2ClH/c19-15(13-7-11-1-4-16-8-14(11)20-13)17-12-9-18-5-2-10(12)3-6-18;;/h1,4,7-8,10,12H,2-3,5-6,9H2,(H,17,19);2*1H/t12-;;/m0../s1. The van der Waals surface area contributed by atoms with Crippen molar-refractivity contribution in [2.45, 2.75) is 18.9 Å². The summed E-state index contributed by atoms with van der Waals surface area (Å²) in [5, 5.41) is 4.34. The topological polar surface area (TPSA) is 45.2 Å². The van der Waals surface area contributed by atoms with Crippen LogP contribution in [0.3, 0.4) is 0 Å². The Morgan fingerprint density at radius 1 is 1.32 bits per heavy atom. The Balaban J connectivity index is 0.000000882. The molecule has 4 nitrogen and oxygen atoms in total. The number of amides is 1. The van der Waals surface area contributed by atoms with E-state index in [0.717, 1.165) is 21.5 Å². The Kier molecular flexibility index (Phi) is 5.66. The lowest BCUT2D eigenvalue weighted by Gasteiger charge is -2.44. The summed E-state index contributed by atoms with van der Waals surface area (Å²) in [6.45, 7) is 3.42. The molecule has 2 bridgehead atoms. The number of hydrogen-bond donors (Lipinski definition) is 1. The molecular formula is C15H19Cl2N3OS. The second-order valence-electron chi connectivity index (χ2n) is 5.74. The first-order valence-corrected chi connectivity index (χ1v) is 7.98. The summed E-state index contributed by atoms with van der Waals surface area (Å²) in [6, 6.07) is 4.25. The molecule has 1 atom stereocenters. The Bertz CT molecular complexity index is 622. The van der Waals surface area contributed by atoms with Crippen LogP contribution in [-0.4, -0.2) is 41.5 Å². The minimum atomic E-state index is 0. The van der Waals surface area contributed by atoms with Gasteiger partial charge < -0.3 is 10.2 Å². The summed E-state index contributed by atoms with van der Waals surface area (Å²) in [6.07, 6.45) is 6.04. The monoisotopic (exact) mass is 359 g/mol. The molecule has 1 amide bonds. The fraction of sp³-hybridized carbons (Fsp3) is 0.467. The number of nitrogens with zero attached hydrogens (tertiary/aromatic N) is 2. The maximum atomic E-state index is 12.4. The van der Waals surface area contributed by atoms with Gasteiger partial charge in [0, 0.05) is 25.0 Å². The third kappa shape index (κ3) is 3.23. The first-order valence-electron chi connectivity index (χ1n) is 7.16. The van der Waals surface area contributed by atoms with Crippen molar-refractivity contribution < 1.29 is 4.79 Å². The van der Waals surface area contributed by atoms with Gasteiger partial charge >= 0.3 is 0 Å². The van der Waals surface area contributed by atoms with Gasteiger partial charge in [0.2, 0.25) is 0 Å². The number of carbonyl (C=O) groups is 1. The van der Waals surface area contributed by atoms with Crippen LogP contribution in [0, 0.1) is 5.92 Å². The average molecular weight is 360 g/mol. The summed E-state index contributed by atoms with van der Waals surface area (Å²) in [4.78, 5) is 19.8. The van der Waals surface area contributed by atoms with Gasteiger partial charge in [0.05, 0.1) is 9.58 Å². The third-order valence-electron chi connectivity index (χ3n) is 4.52. The van der Waals surface area contributed by atoms with Crippen LogP contribution in [0.25, 0.3) is 10.1 Å². The molecule has 3 aliphatic rings. The van der Waals surface area contributed by atoms with Gasteiger partial charge in [0.15, 0.2) is 0 Å². The van der Waals surface area contributed by atoms with Gasteiger partial charge in [-0.25, -0.2) is 0 Å². The highest BCUT2D eigenvalue weighted by Crippen LogP contribution is 2.29. The van der Waals surface area contributed by atoms with Crippen molar-refractivity contribution >= 4 is 52.1 Å². The van der Waals surface area contributed by atoms with Crippen LogP contribution in [-0.2, 0) is 0 Å². The molecule has 5 rings (SSSR count). The second kappa shape index (κ2) is 7.13. The molecule has 22 heavy (non-hydrogen) atoms. The minimum Gasteiger partial charge on any atom is -0.347 e. The minimum absolute atomic E-state index is 0. The Morgan fingerprint density at radius 2 is 2.09 bits per heavy atom. The van der Waals surface area contributed by atoms with Crippen molar-refractivity contribution in [3.8, 4) is 0 Å². The zero-order chi connectivity index (χ0) is 13.5. The van der Waals surface area contributed by atoms with Gasteiger partial charge in [0.1, 0.15) is 0 Å². The van der Waals surface area contributed by atoms with Crippen LogP contribution in [0.2, 0.25) is 0 Å². The van der Waals surface area contributed by atoms with Crippen LogP contribution in [0.1, 0.15) is 22.5 Å². The van der Waals surface area contributed by atoms with Crippen molar-refractivity contribution in [2.24, 2.45) is 5.92 Å². The average Bonchev–Trinajstić information content (AvgIpc) is 2.92. The molecule has 5 heterocycles. The maximum absolute atomic E-state index is 12.4. The SMILES string of the molecule is Cl.Cl.O=C(N[C@H]1CN2CCC1CC2)c1cc2ccncc2s1. The number of rotatable bonds is 2. The second-order valence-corrected chi connectivity index (χ2v) is 6.83. The van der Waals surface area contributed by atoms with Crippen molar-refractivity contribution in [1.82, 2.24) is 15.2 Å². The van der Waals surface area contributed by atoms with Crippen LogP contribution in [0.4, 0.5) is 0 Å². The van der Waals surface area contributed by atoms with E-state index in [9.17, 15) is 4.79 Å². The molecule has 0 unspecified atom stereocenters. The molecule has 2 aromatic heterocycles. The molecule has 3 fully saturated rings. The highest BCUT2D eigenvalue weighted by molar-refractivity contribution is 7.20. The first kappa shape index (κ1) is 17.5. The number of aromatic nitrogens is 1. The number of piperidine rings is 3. The van der Waals surface area contributed by atoms with Crippen molar-refractivity contribution in [1.29, 1.82) is 0 Å².